The number of nitrogens with zero attached hydrogens (tertiary/aromatic N) is 3. The second-order valence-electron chi connectivity index (χ2n) is 3.26. The number of hydrogen-bond acceptors (Lipinski definition) is 5. The molecule has 0 spiro atoms. The van der Waals surface area contributed by atoms with Crippen LogP contribution in [-0.4, -0.2) is 28.8 Å². The van der Waals surface area contributed by atoms with Crippen LogP contribution in [0.15, 0.2) is 18.5 Å². The Labute approximate surface area is 95.2 Å². The number of benzene rings is 1. The summed E-state index contributed by atoms with van der Waals surface area (Å²) in [6.07, 6.45) is 1.68. The Kier molecular flexibility index (Phi) is 1.97. The molecule has 0 N–H and O–H groups in total. The van der Waals surface area contributed by atoms with Crippen LogP contribution in [0.1, 0.15) is 0 Å². The normalized spacial score (nSPS) is 11.1. The summed E-state index contributed by atoms with van der Waals surface area (Å²) in [5.41, 5.74) is 0.980. The zero-order chi connectivity index (χ0) is 11.1. The second-order valence-corrected chi connectivity index (χ2v) is 4.27. The van der Waals surface area contributed by atoms with E-state index in [0.29, 0.717) is 0 Å². The van der Waals surface area contributed by atoms with Crippen LogP contribution in [0.3, 0.4) is 0 Å². The zero-order valence-corrected chi connectivity index (χ0v) is 9.61. The van der Waals surface area contributed by atoms with Gasteiger partial charge in [0, 0.05) is 6.07 Å². The molecule has 3 aromatic rings. The van der Waals surface area contributed by atoms with Gasteiger partial charge < -0.3 is 9.47 Å². The van der Waals surface area contributed by atoms with Gasteiger partial charge in [0.15, 0.2) is 0 Å². The summed E-state index contributed by atoms with van der Waals surface area (Å²) in [6, 6.07) is 3.83. The molecule has 0 saturated carbocycles. The predicted molar refractivity (Wildman–Crippen MR) is 61.5 cm³/mol. The smallest absolute Gasteiger partial charge is 0.217 e. The second kappa shape index (κ2) is 3.34. The Balaban J connectivity index is 2.46. The first kappa shape index (κ1) is 9.41. The molecule has 2 heterocycles. The van der Waals surface area contributed by atoms with Crippen molar-refractivity contribution in [3.8, 4) is 11.5 Å². The molecule has 5 nitrogen and oxygen atoms in total. The third-order valence-corrected chi connectivity index (χ3v) is 3.42. The lowest BCUT2D eigenvalue weighted by Crippen LogP contribution is -1.89. The maximum atomic E-state index is 5.36. The van der Waals surface area contributed by atoms with E-state index in [1.807, 2.05) is 16.5 Å². The highest BCUT2D eigenvalue weighted by Crippen LogP contribution is 2.35. The Bertz CT molecular complexity index is 658. The topological polar surface area (TPSA) is 48.7 Å². The fraction of sp³-hybridized carbons (Fsp3) is 0.200. The van der Waals surface area contributed by atoms with Crippen LogP contribution < -0.4 is 9.47 Å². The summed E-state index contributed by atoms with van der Waals surface area (Å²) in [4.78, 5) is 0.849. The van der Waals surface area contributed by atoms with E-state index in [4.69, 9.17) is 9.47 Å². The van der Waals surface area contributed by atoms with Crippen molar-refractivity contribution in [1.29, 1.82) is 0 Å². The Morgan fingerprint density at radius 2 is 2.12 bits per heavy atom. The average molecular weight is 235 g/mol. The van der Waals surface area contributed by atoms with E-state index < -0.39 is 0 Å². The monoisotopic (exact) mass is 235 g/mol. The highest BCUT2D eigenvalue weighted by atomic mass is 32.1. The fourth-order valence-electron chi connectivity index (χ4n) is 1.69. The van der Waals surface area contributed by atoms with E-state index in [0.717, 1.165) is 26.7 Å². The number of methoxy groups -OCH3 is 2. The molecule has 82 valence electrons. The number of rotatable bonds is 2. The molecule has 3 rings (SSSR count). The number of hydrogen-bond donors (Lipinski definition) is 0. The SMILES string of the molecule is COc1cc(OC)c2c(c1)sc1nncn12. The van der Waals surface area contributed by atoms with Gasteiger partial charge in [-0.25, -0.2) is 0 Å². The van der Waals surface area contributed by atoms with Gasteiger partial charge in [-0.05, 0) is 6.07 Å². The van der Waals surface area contributed by atoms with E-state index in [1.165, 1.54) is 0 Å². The third-order valence-electron chi connectivity index (χ3n) is 2.43. The van der Waals surface area contributed by atoms with Crippen molar-refractivity contribution in [3.63, 3.8) is 0 Å². The van der Waals surface area contributed by atoms with E-state index >= 15 is 0 Å². The first-order valence-corrected chi connectivity index (χ1v) is 5.49. The third kappa shape index (κ3) is 1.16. The number of fused-ring (bicyclic) bond motifs is 3. The molecule has 16 heavy (non-hydrogen) atoms. The van der Waals surface area contributed by atoms with Crippen molar-refractivity contribution >= 4 is 26.5 Å². The van der Waals surface area contributed by atoms with Crippen LogP contribution in [0.5, 0.6) is 11.5 Å². The van der Waals surface area contributed by atoms with Crippen molar-refractivity contribution in [1.82, 2.24) is 14.6 Å². The zero-order valence-electron chi connectivity index (χ0n) is 8.80. The molecule has 0 fully saturated rings. The maximum Gasteiger partial charge on any atom is 0.217 e. The molecule has 0 aliphatic heterocycles. The van der Waals surface area contributed by atoms with E-state index in [9.17, 15) is 0 Å². The van der Waals surface area contributed by atoms with E-state index in [1.54, 1.807) is 31.9 Å². The number of thiazole rings is 1. The summed E-state index contributed by atoms with van der Waals surface area (Å²) in [5, 5.41) is 7.89. The largest absolute Gasteiger partial charge is 0.497 e. The minimum absolute atomic E-state index is 0.764. The van der Waals surface area contributed by atoms with E-state index in [2.05, 4.69) is 10.2 Å². The van der Waals surface area contributed by atoms with Crippen LogP contribution in [0.4, 0.5) is 0 Å². The fourth-order valence-corrected chi connectivity index (χ4v) is 2.68. The Morgan fingerprint density at radius 3 is 2.88 bits per heavy atom. The molecule has 2 aromatic heterocycles. The van der Waals surface area contributed by atoms with E-state index in [-0.39, 0.29) is 0 Å². The van der Waals surface area contributed by atoms with Gasteiger partial charge in [0.2, 0.25) is 4.96 Å². The highest BCUT2D eigenvalue weighted by Gasteiger charge is 2.12. The predicted octanol–water partition coefficient (Wildman–Crippen LogP) is 1.96. The molecular formula is C10H9N3O2S. The van der Waals surface area contributed by atoms with Crippen LogP contribution in [0.2, 0.25) is 0 Å². The van der Waals surface area contributed by atoms with Crippen LogP contribution in [-0.2, 0) is 0 Å². The van der Waals surface area contributed by atoms with Gasteiger partial charge in [0.1, 0.15) is 23.3 Å². The molecule has 1 aromatic carbocycles. The van der Waals surface area contributed by atoms with Gasteiger partial charge in [-0.15, -0.1) is 10.2 Å². The lowest BCUT2D eigenvalue weighted by Gasteiger charge is -2.05. The lowest BCUT2D eigenvalue weighted by molar-refractivity contribution is 0.397. The van der Waals surface area contributed by atoms with Crippen molar-refractivity contribution in [2.24, 2.45) is 0 Å². The standard InChI is InChI=1S/C10H9N3O2S/c1-14-6-3-7(15-2)9-8(4-6)16-10-12-11-5-13(9)10/h3-5H,1-2H3. The van der Waals surface area contributed by atoms with Gasteiger partial charge in [-0.2, -0.15) is 0 Å². The Morgan fingerprint density at radius 1 is 1.25 bits per heavy atom. The summed E-state index contributed by atoms with van der Waals surface area (Å²) in [6.45, 7) is 0. The summed E-state index contributed by atoms with van der Waals surface area (Å²) in [5.74, 6) is 1.54. The summed E-state index contributed by atoms with van der Waals surface area (Å²) >= 11 is 1.56. The molecule has 0 aliphatic carbocycles. The molecular weight excluding hydrogens is 226 g/mol. The minimum atomic E-state index is 0.764. The van der Waals surface area contributed by atoms with Gasteiger partial charge in [-0.3, -0.25) is 4.40 Å². The van der Waals surface area contributed by atoms with Crippen molar-refractivity contribution < 1.29 is 9.47 Å². The first-order valence-electron chi connectivity index (χ1n) is 4.67. The molecule has 0 radical (unpaired) electrons. The van der Waals surface area contributed by atoms with Crippen molar-refractivity contribution in [2.75, 3.05) is 14.2 Å². The molecule has 0 saturated heterocycles. The molecule has 0 bridgehead atoms. The number of ether oxygens (including phenoxy) is 2. The van der Waals surface area contributed by atoms with Crippen LogP contribution >= 0.6 is 11.3 Å². The van der Waals surface area contributed by atoms with Crippen molar-refractivity contribution in [2.45, 2.75) is 0 Å². The lowest BCUT2D eigenvalue weighted by atomic mass is 10.3. The van der Waals surface area contributed by atoms with Crippen molar-refractivity contribution in [3.05, 3.63) is 18.5 Å². The quantitative estimate of drug-likeness (QED) is 0.681. The van der Waals surface area contributed by atoms with Crippen LogP contribution in [0, 0.1) is 0 Å². The van der Waals surface area contributed by atoms with Gasteiger partial charge in [-0.1, -0.05) is 11.3 Å². The summed E-state index contributed by atoms with van der Waals surface area (Å²) < 4.78 is 13.6. The highest BCUT2D eigenvalue weighted by molar-refractivity contribution is 7.23. The minimum Gasteiger partial charge on any atom is -0.497 e. The average Bonchev–Trinajstić information content (AvgIpc) is 2.86. The number of aromatic nitrogens is 3. The summed E-state index contributed by atoms with van der Waals surface area (Å²) in [7, 11) is 3.28. The molecule has 0 unspecified atom stereocenters. The van der Waals surface area contributed by atoms with Crippen LogP contribution in [0.25, 0.3) is 15.2 Å². The van der Waals surface area contributed by atoms with Gasteiger partial charge >= 0.3 is 0 Å². The van der Waals surface area contributed by atoms with Gasteiger partial charge in [0.05, 0.1) is 18.9 Å². The first-order chi connectivity index (χ1) is 7.83. The van der Waals surface area contributed by atoms with Gasteiger partial charge in [0.25, 0.3) is 0 Å². The molecule has 0 atom stereocenters. The Hall–Kier alpha value is -1.82. The molecule has 0 amide bonds. The molecule has 0 aliphatic rings. The molecule has 6 heteroatoms. The maximum absolute atomic E-state index is 5.36.